The molecule has 0 aromatic heterocycles. The SMILES string of the molecule is COC1(C(NN)c2cc(C)cc(F)c2)CCCC1. The van der Waals surface area contributed by atoms with Crippen LogP contribution in [0.15, 0.2) is 18.2 Å². The average Bonchev–Trinajstić information content (AvgIpc) is 2.78. The number of hydrogen-bond acceptors (Lipinski definition) is 3. The molecule has 0 spiro atoms. The molecule has 3 N–H and O–H groups in total. The van der Waals surface area contributed by atoms with Gasteiger partial charge in [-0.05, 0) is 43.0 Å². The van der Waals surface area contributed by atoms with Crippen LogP contribution < -0.4 is 11.3 Å². The molecule has 0 amide bonds. The number of benzene rings is 1. The van der Waals surface area contributed by atoms with Crippen LogP contribution in [-0.4, -0.2) is 12.7 Å². The second-order valence-corrected chi connectivity index (χ2v) is 5.14. The van der Waals surface area contributed by atoms with Gasteiger partial charge in [0, 0.05) is 7.11 Å². The van der Waals surface area contributed by atoms with E-state index in [0.29, 0.717) is 0 Å². The maximum atomic E-state index is 13.5. The van der Waals surface area contributed by atoms with Gasteiger partial charge in [0.2, 0.25) is 0 Å². The molecular formula is C14H21FN2O. The van der Waals surface area contributed by atoms with E-state index in [0.717, 1.165) is 36.8 Å². The Morgan fingerprint density at radius 2 is 2.00 bits per heavy atom. The Kier molecular flexibility index (Phi) is 4.00. The highest BCUT2D eigenvalue weighted by Crippen LogP contribution is 2.42. The molecule has 2 rings (SSSR count). The molecule has 4 heteroatoms. The fraction of sp³-hybridized carbons (Fsp3) is 0.571. The number of rotatable bonds is 4. The summed E-state index contributed by atoms with van der Waals surface area (Å²) in [5.74, 6) is 5.47. The Bertz CT molecular complexity index is 396. The van der Waals surface area contributed by atoms with Crippen LogP contribution >= 0.6 is 0 Å². The van der Waals surface area contributed by atoms with Gasteiger partial charge in [-0.15, -0.1) is 0 Å². The lowest BCUT2D eigenvalue weighted by Crippen LogP contribution is -2.46. The van der Waals surface area contributed by atoms with Crippen LogP contribution in [0.3, 0.4) is 0 Å². The van der Waals surface area contributed by atoms with Crippen molar-refractivity contribution >= 4 is 0 Å². The quantitative estimate of drug-likeness (QED) is 0.639. The molecule has 1 aromatic rings. The monoisotopic (exact) mass is 252 g/mol. The Labute approximate surface area is 107 Å². The lowest BCUT2D eigenvalue weighted by molar-refractivity contribution is -0.0369. The van der Waals surface area contributed by atoms with E-state index in [1.54, 1.807) is 7.11 Å². The Balaban J connectivity index is 2.37. The van der Waals surface area contributed by atoms with Gasteiger partial charge in [-0.2, -0.15) is 0 Å². The van der Waals surface area contributed by atoms with Crippen molar-refractivity contribution in [3.8, 4) is 0 Å². The van der Waals surface area contributed by atoms with E-state index in [1.165, 1.54) is 12.1 Å². The summed E-state index contributed by atoms with van der Waals surface area (Å²) in [6.07, 6.45) is 4.16. The Morgan fingerprint density at radius 3 is 2.50 bits per heavy atom. The van der Waals surface area contributed by atoms with Gasteiger partial charge in [0.05, 0.1) is 11.6 Å². The molecule has 1 aliphatic rings. The zero-order valence-corrected chi connectivity index (χ0v) is 11.0. The number of hydrogen-bond donors (Lipinski definition) is 2. The van der Waals surface area contributed by atoms with Crippen molar-refractivity contribution in [2.24, 2.45) is 5.84 Å². The number of nitrogens with two attached hydrogens (primary N) is 1. The van der Waals surface area contributed by atoms with E-state index in [4.69, 9.17) is 10.6 Å². The zero-order valence-electron chi connectivity index (χ0n) is 11.0. The number of halogens is 1. The molecule has 1 atom stereocenters. The lowest BCUT2D eigenvalue weighted by Gasteiger charge is -2.36. The van der Waals surface area contributed by atoms with E-state index >= 15 is 0 Å². The molecule has 18 heavy (non-hydrogen) atoms. The van der Waals surface area contributed by atoms with Crippen LogP contribution in [0.5, 0.6) is 0 Å². The van der Waals surface area contributed by atoms with E-state index in [1.807, 2.05) is 13.0 Å². The van der Waals surface area contributed by atoms with Gasteiger partial charge in [0.25, 0.3) is 0 Å². The van der Waals surface area contributed by atoms with Gasteiger partial charge in [-0.1, -0.05) is 18.9 Å². The molecule has 0 radical (unpaired) electrons. The molecule has 100 valence electrons. The zero-order chi connectivity index (χ0) is 13.2. The van der Waals surface area contributed by atoms with Gasteiger partial charge < -0.3 is 4.74 Å². The largest absolute Gasteiger partial charge is 0.376 e. The van der Waals surface area contributed by atoms with Crippen molar-refractivity contribution in [2.45, 2.75) is 44.2 Å². The van der Waals surface area contributed by atoms with Gasteiger partial charge in [-0.25, -0.2) is 4.39 Å². The second-order valence-electron chi connectivity index (χ2n) is 5.14. The Morgan fingerprint density at radius 1 is 1.33 bits per heavy atom. The first kappa shape index (κ1) is 13.5. The maximum absolute atomic E-state index is 13.5. The fourth-order valence-corrected chi connectivity index (χ4v) is 3.07. The number of hydrazine groups is 1. The van der Waals surface area contributed by atoms with Crippen molar-refractivity contribution in [2.75, 3.05) is 7.11 Å². The van der Waals surface area contributed by atoms with Crippen molar-refractivity contribution in [3.05, 3.63) is 35.1 Å². The number of methoxy groups -OCH3 is 1. The van der Waals surface area contributed by atoms with Crippen molar-refractivity contribution in [3.63, 3.8) is 0 Å². The molecule has 0 aliphatic heterocycles. The molecule has 1 aliphatic carbocycles. The minimum absolute atomic E-state index is 0.167. The molecule has 0 saturated heterocycles. The van der Waals surface area contributed by atoms with Crippen molar-refractivity contribution in [1.82, 2.24) is 5.43 Å². The fourth-order valence-electron chi connectivity index (χ4n) is 3.07. The van der Waals surface area contributed by atoms with E-state index in [2.05, 4.69) is 5.43 Å². The van der Waals surface area contributed by atoms with Crippen LogP contribution in [0.25, 0.3) is 0 Å². The topological polar surface area (TPSA) is 47.3 Å². The van der Waals surface area contributed by atoms with Crippen LogP contribution in [0.2, 0.25) is 0 Å². The molecule has 1 saturated carbocycles. The van der Waals surface area contributed by atoms with Crippen LogP contribution in [0.4, 0.5) is 4.39 Å². The van der Waals surface area contributed by atoms with Gasteiger partial charge >= 0.3 is 0 Å². The first-order valence-electron chi connectivity index (χ1n) is 6.40. The van der Waals surface area contributed by atoms with E-state index in [9.17, 15) is 4.39 Å². The number of nitrogens with one attached hydrogen (secondary N) is 1. The third-order valence-corrected chi connectivity index (χ3v) is 3.95. The molecule has 3 nitrogen and oxygen atoms in total. The minimum Gasteiger partial charge on any atom is -0.376 e. The molecule has 1 fully saturated rings. The summed E-state index contributed by atoms with van der Waals surface area (Å²) in [6, 6.07) is 4.86. The van der Waals surface area contributed by atoms with Crippen molar-refractivity contribution < 1.29 is 9.13 Å². The summed E-state index contributed by atoms with van der Waals surface area (Å²) >= 11 is 0. The summed E-state index contributed by atoms with van der Waals surface area (Å²) < 4.78 is 19.3. The highest BCUT2D eigenvalue weighted by atomic mass is 19.1. The van der Waals surface area contributed by atoms with Crippen LogP contribution in [0, 0.1) is 12.7 Å². The summed E-state index contributed by atoms with van der Waals surface area (Å²) in [7, 11) is 1.71. The van der Waals surface area contributed by atoms with Crippen LogP contribution in [-0.2, 0) is 4.74 Å². The third-order valence-electron chi connectivity index (χ3n) is 3.95. The molecule has 1 unspecified atom stereocenters. The minimum atomic E-state index is -0.311. The van der Waals surface area contributed by atoms with Gasteiger partial charge in [0.15, 0.2) is 0 Å². The van der Waals surface area contributed by atoms with Gasteiger partial charge in [0.1, 0.15) is 5.82 Å². The summed E-state index contributed by atoms with van der Waals surface area (Å²) in [6.45, 7) is 1.88. The smallest absolute Gasteiger partial charge is 0.123 e. The lowest BCUT2D eigenvalue weighted by atomic mass is 9.86. The summed E-state index contributed by atoms with van der Waals surface area (Å²) in [4.78, 5) is 0. The predicted molar refractivity (Wildman–Crippen MR) is 69.4 cm³/mol. The second kappa shape index (κ2) is 5.34. The number of aryl methyl sites for hydroxylation is 1. The van der Waals surface area contributed by atoms with Crippen molar-refractivity contribution in [1.29, 1.82) is 0 Å². The highest BCUT2D eigenvalue weighted by molar-refractivity contribution is 5.28. The van der Waals surface area contributed by atoms with E-state index in [-0.39, 0.29) is 17.5 Å². The van der Waals surface area contributed by atoms with Gasteiger partial charge in [-0.3, -0.25) is 11.3 Å². The summed E-state index contributed by atoms with van der Waals surface area (Å²) in [5, 5.41) is 0. The van der Waals surface area contributed by atoms with Crippen LogP contribution in [0.1, 0.15) is 42.9 Å². The highest BCUT2D eigenvalue weighted by Gasteiger charge is 2.42. The predicted octanol–water partition coefficient (Wildman–Crippen LogP) is 2.60. The third kappa shape index (κ3) is 2.41. The summed E-state index contributed by atoms with van der Waals surface area (Å²) in [5.41, 5.74) is 4.26. The first-order chi connectivity index (χ1) is 8.61. The Hall–Kier alpha value is -0.970. The molecule has 1 aromatic carbocycles. The molecule has 0 bridgehead atoms. The normalized spacial score (nSPS) is 20.0. The maximum Gasteiger partial charge on any atom is 0.123 e. The standard InChI is InChI=1S/C14H21FN2O/c1-10-7-11(9-12(15)8-10)13(17-16)14(18-2)5-3-4-6-14/h7-9,13,17H,3-6,16H2,1-2H3. The molecular weight excluding hydrogens is 231 g/mol. The molecule has 0 heterocycles. The van der Waals surface area contributed by atoms with E-state index < -0.39 is 0 Å². The number of ether oxygens (including phenoxy) is 1. The average molecular weight is 252 g/mol. The first-order valence-corrected chi connectivity index (χ1v) is 6.40.